The third-order valence-electron chi connectivity index (χ3n) is 3.81. The molecule has 1 saturated heterocycles. The molecule has 0 amide bonds. The maximum Gasteiger partial charge on any atom is 0.218 e. The van der Waals surface area contributed by atoms with Gasteiger partial charge in [0.25, 0.3) is 0 Å². The quantitative estimate of drug-likeness (QED) is 0.932. The van der Waals surface area contributed by atoms with Crippen molar-refractivity contribution in [1.29, 1.82) is 5.26 Å². The zero-order chi connectivity index (χ0) is 16.2. The molecule has 23 heavy (non-hydrogen) atoms. The van der Waals surface area contributed by atoms with Crippen molar-refractivity contribution >= 4 is 11.5 Å². The molecule has 1 aromatic heterocycles. The Morgan fingerprint density at radius 1 is 1.39 bits per heavy atom. The van der Waals surface area contributed by atoms with E-state index in [2.05, 4.69) is 26.3 Å². The van der Waals surface area contributed by atoms with Crippen molar-refractivity contribution in [3.05, 3.63) is 42.0 Å². The van der Waals surface area contributed by atoms with E-state index >= 15 is 0 Å². The zero-order valence-corrected chi connectivity index (χ0v) is 12.7. The molecule has 1 aliphatic heterocycles. The van der Waals surface area contributed by atoms with Gasteiger partial charge in [-0.3, -0.25) is 0 Å². The normalized spacial score (nSPS) is 16.9. The van der Waals surface area contributed by atoms with E-state index in [0.29, 0.717) is 23.8 Å². The van der Waals surface area contributed by atoms with Gasteiger partial charge >= 0.3 is 0 Å². The second kappa shape index (κ2) is 6.48. The molecular formula is C16H16FN5O. The first-order valence-corrected chi connectivity index (χ1v) is 7.27. The molecule has 2 heterocycles. The van der Waals surface area contributed by atoms with Gasteiger partial charge in [-0.15, -0.1) is 0 Å². The van der Waals surface area contributed by atoms with Crippen LogP contribution in [0, 0.1) is 17.1 Å². The molecule has 3 rings (SSSR count). The number of methoxy groups -OCH3 is 1. The standard InChI is InChI=1S/C16H16FN5O/c1-23-16-7-15(19-10-20-16)21-13-4-5-22(9-13)14-3-2-12(17)6-11(14)8-18/h2-3,6-7,10,13H,4-5,9H2,1H3,(H,19,20,21). The maximum absolute atomic E-state index is 13.2. The fraction of sp³-hybridized carbons (Fsp3) is 0.312. The number of hydrogen-bond acceptors (Lipinski definition) is 6. The van der Waals surface area contributed by atoms with Crippen LogP contribution in [0.4, 0.5) is 15.9 Å². The summed E-state index contributed by atoms with van der Waals surface area (Å²) in [6, 6.07) is 8.28. The van der Waals surface area contributed by atoms with Crippen LogP contribution in [0.5, 0.6) is 5.88 Å². The summed E-state index contributed by atoms with van der Waals surface area (Å²) in [5.41, 5.74) is 1.12. The van der Waals surface area contributed by atoms with E-state index in [9.17, 15) is 9.65 Å². The van der Waals surface area contributed by atoms with Crippen molar-refractivity contribution in [2.45, 2.75) is 12.5 Å². The summed E-state index contributed by atoms with van der Waals surface area (Å²) in [5.74, 6) is 0.804. The summed E-state index contributed by atoms with van der Waals surface area (Å²) >= 11 is 0. The molecule has 1 atom stereocenters. The van der Waals surface area contributed by atoms with Crippen molar-refractivity contribution in [2.75, 3.05) is 30.4 Å². The Balaban J connectivity index is 1.70. The van der Waals surface area contributed by atoms with Crippen LogP contribution >= 0.6 is 0 Å². The smallest absolute Gasteiger partial charge is 0.218 e. The van der Waals surface area contributed by atoms with Crippen molar-refractivity contribution in [3.63, 3.8) is 0 Å². The zero-order valence-electron chi connectivity index (χ0n) is 12.7. The highest BCUT2D eigenvalue weighted by atomic mass is 19.1. The fourth-order valence-electron chi connectivity index (χ4n) is 2.71. The first-order chi connectivity index (χ1) is 11.2. The minimum absolute atomic E-state index is 0.186. The van der Waals surface area contributed by atoms with E-state index < -0.39 is 5.82 Å². The predicted molar refractivity (Wildman–Crippen MR) is 83.9 cm³/mol. The third-order valence-corrected chi connectivity index (χ3v) is 3.81. The number of aromatic nitrogens is 2. The molecule has 6 nitrogen and oxygen atoms in total. The number of anilines is 2. The topological polar surface area (TPSA) is 74.1 Å². The number of nitriles is 1. The van der Waals surface area contributed by atoms with Crippen molar-refractivity contribution in [2.24, 2.45) is 0 Å². The number of rotatable bonds is 4. The molecule has 118 valence electrons. The average molecular weight is 313 g/mol. The largest absolute Gasteiger partial charge is 0.481 e. The molecule has 0 bridgehead atoms. The van der Waals surface area contributed by atoms with E-state index in [1.54, 1.807) is 19.2 Å². The van der Waals surface area contributed by atoms with Crippen LogP contribution in [0.3, 0.4) is 0 Å². The summed E-state index contributed by atoms with van der Waals surface area (Å²) < 4.78 is 18.3. The number of hydrogen-bond donors (Lipinski definition) is 1. The Bertz CT molecular complexity index is 745. The summed E-state index contributed by atoms with van der Waals surface area (Å²) in [6.07, 6.45) is 2.34. The monoisotopic (exact) mass is 313 g/mol. The average Bonchev–Trinajstić information content (AvgIpc) is 3.03. The van der Waals surface area contributed by atoms with Gasteiger partial charge in [-0.2, -0.15) is 5.26 Å². The number of ether oxygens (including phenoxy) is 1. The van der Waals surface area contributed by atoms with Crippen LogP contribution < -0.4 is 15.0 Å². The van der Waals surface area contributed by atoms with Gasteiger partial charge in [0.1, 0.15) is 24.0 Å². The molecule has 1 aliphatic rings. The van der Waals surface area contributed by atoms with Gasteiger partial charge in [0, 0.05) is 25.2 Å². The summed E-state index contributed by atoms with van der Waals surface area (Å²) in [7, 11) is 1.56. The lowest BCUT2D eigenvalue weighted by atomic mass is 10.1. The molecular weight excluding hydrogens is 297 g/mol. The molecule has 1 unspecified atom stereocenters. The van der Waals surface area contributed by atoms with Crippen LogP contribution in [-0.4, -0.2) is 36.2 Å². The first-order valence-electron chi connectivity index (χ1n) is 7.27. The summed E-state index contributed by atoms with van der Waals surface area (Å²) in [5, 5.41) is 12.5. The van der Waals surface area contributed by atoms with Crippen molar-refractivity contribution < 1.29 is 9.13 Å². The maximum atomic E-state index is 13.2. The minimum atomic E-state index is -0.396. The lowest BCUT2D eigenvalue weighted by Crippen LogP contribution is -2.26. The van der Waals surface area contributed by atoms with Crippen molar-refractivity contribution in [3.8, 4) is 11.9 Å². The molecule has 0 saturated carbocycles. The van der Waals surface area contributed by atoms with Gasteiger partial charge in [-0.1, -0.05) is 0 Å². The Labute approximate surface area is 133 Å². The molecule has 1 aromatic carbocycles. The minimum Gasteiger partial charge on any atom is -0.481 e. The van der Waals surface area contributed by atoms with E-state index in [4.69, 9.17) is 4.74 Å². The predicted octanol–water partition coefficient (Wildman–Crippen LogP) is 2.19. The number of nitrogens with one attached hydrogen (secondary N) is 1. The van der Waals surface area contributed by atoms with Crippen LogP contribution in [0.1, 0.15) is 12.0 Å². The van der Waals surface area contributed by atoms with E-state index in [1.165, 1.54) is 18.5 Å². The van der Waals surface area contributed by atoms with Crippen LogP contribution in [0.2, 0.25) is 0 Å². The molecule has 0 radical (unpaired) electrons. The Morgan fingerprint density at radius 2 is 2.26 bits per heavy atom. The lowest BCUT2D eigenvalue weighted by molar-refractivity contribution is 0.397. The van der Waals surface area contributed by atoms with E-state index in [0.717, 1.165) is 18.7 Å². The van der Waals surface area contributed by atoms with Gasteiger partial charge in [0.05, 0.1) is 18.4 Å². The second-order valence-electron chi connectivity index (χ2n) is 5.29. The Kier molecular flexibility index (Phi) is 4.24. The highest BCUT2D eigenvalue weighted by Gasteiger charge is 2.24. The van der Waals surface area contributed by atoms with Crippen molar-refractivity contribution in [1.82, 2.24) is 9.97 Å². The van der Waals surface area contributed by atoms with E-state index in [-0.39, 0.29) is 6.04 Å². The fourth-order valence-corrected chi connectivity index (χ4v) is 2.71. The summed E-state index contributed by atoms with van der Waals surface area (Å²) in [4.78, 5) is 10.2. The molecule has 2 aromatic rings. The number of nitrogens with zero attached hydrogens (tertiary/aromatic N) is 4. The molecule has 0 spiro atoms. The highest BCUT2D eigenvalue weighted by molar-refractivity contribution is 5.60. The van der Waals surface area contributed by atoms with Gasteiger partial charge in [-0.25, -0.2) is 14.4 Å². The third kappa shape index (κ3) is 3.31. The van der Waals surface area contributed by atoms with Crippen LogP contribution in [-0.2, 0) is 0 Å². The van der Waals surface area contributed by atoms with Crippen LogP contribution in [0.15, 0.2) is 30.6 Å². The summed E-state index contributed by atoms with van der Waals surface area (Å²) in [6.45, 7) is 1.51. The number of benzene rings is 1. The van der Waals surface area contributed by atoms with Gasteiger partial charge < -0.3 is 15.0 Å². The molecule has 7 heteroatoms. The Hall–Kier alpha value is -2.88. The number of halogens is 1. The van der Waals surface area contributed by atoms with Gasteiger partial charge in [0.15, 0.2) is 0 Å². The highest BCUT2D eigenvalue weighted by Crippen LogP contribution is 2.26. The second-order valence-corrected chi connectivity index (χ2v) is 5.29. The van der Waals surface area contributed by atoms with Crippen LogP contribution in [0.25, 0.3) is 0 Å². The van der Waals surface area contributed by atoms with Gasteiger partial charge in [0.2, 0.25) is 5.88 Å². The SMILES string of the molecule is COc1cc(NC2CCN(c3ccc(F)cc3C#N)C2)ncn1. The first kappa shape index (κ1) is 15.0. The lowest BCUT2D eigenvalue weighted by Gasteiger charge is -2.20. The van der Waals surface area contributed by atoms with E-state index in [1.807, 2.05) is 0 Å². The molecule has 1 fully saturated rings. The molecule has 0 aliphatic carbocycles. The van der Waals surface area contributed by atoms with Gasteiger partial charge in [-0.05, 0) is 24.6 Å². The Morgan fingerprint density at radius 3 is 3.04 bits per heavy atom. The molecule has 1 N–H and O–H groups in total.